The molecule has 3 aromatic heterocycles. The van der Waals surface area contributed by atoms with Crippen molar-refractivity contribution in [1.82, 2.24) is 15.0 Å². The number of hydrogen-bond acceptors (Lipinski definition) is 4. The predicted octanol–water partition coefficient (Wildman–Crippen LogP) is 5.10. The monoisotopic (exact) mass is 339 g/mol. The lowest BCUT2D eigenvalue weighted by Gasteiger charge is -2.10. The fraction of sp³-hybridized carbons (Fsp3) is 0.167. The third-order valence-electron chi connectivity index (χ3n) is 4.17. The molecule has 0 unspecified atom stereocenters. The van der Waals surface area contributed by atoms with E-state index in [9.17, 15) is 0 Å². The Morgan fingerprint density at radius 2 is 1.87 bits per heavy atom. The molecule has 0 bridgehead atoms. The Labute approximate surface area is 143 Å². The third kappa shape index (κ3) is 2.38. The first-order chi connectivity index (χ1) is 11.1. The maximum Gasteiger partial charge on any atom is 0.150 e. The van der Waals surface area contributed by atoms with E-state index in [0.29, 0.717) is 5.15 Å². The van der Waals surface area contributed by atoms with Crippen molar-refractivity contribution in [2.75, 3.05) is 0 Å². The number of pyridine rings is 1. The number of rotatable bonds is 2. The highest BCUT2D eigenvalue weighted by Crippen LogP contribution is 2.38. The van der Waals surface area contributed by atoms with Crippen LogP contribution in [0.4, 0.5) is 0 Å². The number of aromatic nitrogens is 3. The van der Waals surface area contributed by atoms with Gasteiger partial charge in [-0.05, 0) is 37.0 Å². The van der Waals surface area contributed by atoms with Crippen molar-refractivity contribution in [2.45, 2.75) is 20.3 Å². The molecule has 23 heavy (non-hydrogen) atoms. The summed E-state index contributed by atoms with van der Waals surface area (Å²) >= 11 is 7.79. The topological polar surface area (TPSA) is 38.7 Å². The van der Waals surface area contributed by atoms with Gasteiger partial charge in [0, 0.05) is 11.1 Å². The molecule has 0 aliphatic rings. The molecule has 0 aliphatic carbocycles. The average Bonchev–Trinajstić information content (AvgIpc) is 2.92. The summed E-state index contributed by atoms with van der Waals surface area (Å²) in [7, 11) is 0. The molecule has 4 rings (SSSR count). The van der Waals surface area contributed by atoms with E-state index < -0.39 is 0 Å². The minimum Gasteiger partial charge on any atom is -0.242 e. The fourth-order valence-corrected chi connectivity index (χ4v) is 4.35. The lowest BCUT2D eigenvalue weighted by molar-refractivity contribution is 1.08. The molecule has 0 fully saturated rings. The summed E-state index contributed by atoms with van der Waals surface area (Å²) in [6, 6.07) is 10.5. The van der Waals surface area contributed by atoms with Gasteiger partial charge < -0.3 is 0 Å². The highest BCUT2D eigenvalue weighted by Gasteiger charge is 2.17. The number of halogens is 1. The molecule has 114 valence electrons. The normalized spacial score (nSPS) is 11.4. The average molecular weight is 340 g/mol. The number of hydrogen-bond donors (Lipinski definition) is 0. The number of aryl methyl sites for hydroxylation is 2. The van der Waals surface area contributed by atoms with Crippen LogP contribution in [-0.2, 0) is 6.42 Å². The zero-order valence-electron chi connectivity index (χ0n) is 12.8. The molecular weight excluding hydrogens is 326 g/mol. The van der Waals surface area contributed by atoms with Crippen molar-refractivity contribution in [3.63, 3.8) is 0 Å². The summed E-state index contributed by atoms with van der Waals surface area (Å²) in [4.78, 5) is 14.3. The zero-order valence-corrected chi connectivity index (χ0v) is 14.4. The van der Waals surface area contributed by atoms with Gasteiger partial charge in [0.15, 0.2) is 0 Å². The van der Waals surface area contributed by atoms with Gasteiger partial charge in [0.1, 0.15) is 16.3 Å². The molecule has 3 nitrogen and oxygen atoms in total. The van der Waals surface area contributed by atoms with E-state index in [4.69, 9.17) is 16.6 Å². The fourth-order valence-electron chi connectivity index (χ4n) is 2.99. The first kappa shape index (κ1) is 14.5. The highest BCUT2D eigenvalue weighted by atomic mass is 35.5. The SMILES string of the molecule is Cc1nc2sc3c(Cl)ncnc3c2c(C)c1Cc1ccccc1. The van der Waals surface area contributed by atoms with Crippen LogP contribution in [0.2, 0.25) is 5.15 Å². The Hall–Kier alpha value is -2.04. The summed E-state index contributed by atoms with van der Waals surface area (Å²) in [5.74, 6) is 0. The number of thiophene rings is 1. The highest BCUT2D eigenvalue weighted by molar-refractivity contribution is 7.26. The minimum absolute atomic E-state index is 0.500. The van der Waals surface area contributed by atoms with Crippen LogP contribution in [0.25, 0.3) is 20.4 Å². The van der Waals surface area contributed by atoms with E-state index in [2.05, 4.69) is 48.1 Å². The van der Waals surface area contributed by atoms with E-state index in [1.54, 1.807) is 11.3 Å². The van der Waals surface area contributed by atoms with Crippen LogP contribution in [0.1, 0.15) is 22.4 Å². The Bertz CT molecular complexity index is 1020. The summed E-state index contributed by atoms with van der Waals surface area (Å²) in [6.07, 6.45) is 2.39. The van der Waals surface area contributed by atoms with Crippen LogP contribution < -0.4 is 0 Å². The summed E-state index contributed by atoms with van der Waals surface area (Å²) < 4.78 is 0.913. The van der Waals surface area contributed by atoms with E-state index in [-0.39, 0.29) is 0 Å². The van der Waals surface area contributed by atoms with Crippen LogP contribution in [0.5, 0.6) is 0 Å². The van der Waals surface area contributed by atoms with Crippen LogP contribution in [0, 0.1) is 13.8 Å². The number of fused-ring (bicyclic) bond motifs is 3. The molecule has 0 N–H and O–H groups in total. The Morgan fingerprint density at radius 1 is 1.09 bits per heavy atom. The van der Waals surface area contributed by atoms with Crippen molar-refractivity contribution in [3.8, 4) is 0 Å². The van der Waals surface area contributed by atoms with Crippen molar-refractivity contribution in [3.05, 3.63) is 64.2 Å². The largest absolute Gasteiger partial charge is 0.242 e. The van der Waals surface area contributed by atoms with E-state index >= 15 is 0 Å². The quantitative estimate of drug-likeness (QED) is 0.477. The van der Waals surface area contributed by atoms with Gasteiger partial charge in [-0.2, -0.15) is 0 Å². The molecule has 4 aromatic rings. The van der Waals surface area contributed by atoms with Gasteiger partial charge in [-0.25, -0.2) is 15.0 Å². The van der Waals surface area contributed by atoms with Gasteiger partial charge in [0.25, 0.3) is 0 Å². The maximum atomic E-state index is 6.22. The molecule has 0 amide bonds. The van der Waals surface area contributed by atoms with Crippen molar-refractivity contribution < 1.29 is 0 Å². The molecule has 0 radical (unpaired) electrons. The Kier molecular flexibility index (Phi) is 3.51. The lowest BCUT2D eigenvalue weighted by atomic mass is 9.97. The first-order valence-electron chi connectivity index (χ1n) is 7.38. The molecule has 0 aliphatic heterocycles. The molecule has 0 spiro atoms. The molecule has 5 heteroatoms. The van der Waals surface area contributed by atoms with Gasteiger partial charge in [-0.3, -0.25) is 0 Å². The van der Waals surface area contributed by atoms with E-state index in [1.165, 1.54) is 23.0 Å². The minimum atomic E-state index is 0.500. The van der Waals surface area contributed by atoms with Crippen LogP contribution in [-0.4, -0.2) is 15.0 Å². The van der Waals surface area contributed by atoms with Crippen LogP contribution >= 0.6 is 22.9 Å². The summed E-state index contributed by atoms with van der Waals surface area (Å²) in [6.45, 7) is 4.22. The van der Waals surface area contributed by atoms with Gasteiger partial charge in [-0.15, -0.1) is 11.3 Å². The van der Waals surface area contributed by atoms with Crippen LogP contribution in [0.15, 0.2) is 36.7 Å². The standard InChI is InChI=1S/C18H14ClN3S/c1-10-13(8-12-6-4-3-5-7-12)11(2)22-18-14(10)15-16(23-18)17(19)21-9-20-15/h3-7,9H,8H2,1-2H3. The maximum absolute atomic E-state index is 6.22. The second kappa shape index (κ2) is 5.55. The molecule has 1 aromatic carbocycles. The van der Waals surface area contributed by atoms with E-state index in [1.807, 2.05) is 6.07 Å². The molecule has 0 atom stereocenters. The predicted molar refractivity (Wildman–Crippen MR) is 96.4 cm³/mol. The van der Waals surface area contributed by atoms with E-state index in [0.717, 1.165) is 32.5 Å². The number of benzene rings is 1. The second-order valence-corrected chi connectivity index (χ2v) is 6.94. The summed E-state index contributed by atoms with van der Waals surface area (Å²) in [5.41, 5.74) is 5.75. The zero-order chi connectivity index (χ0) is 16.0. The molecule has 0 saturated carbocycles. The van der Waals surface area contributed by atoms with Gasteiger partial charge in [0.2, 0.25) is 0 Å². The third-order valence-corrected chi connectivity index (χ3v) is 5.65. The van der Waals surface area contributed by atoms with Gasteiger partial charge in [-0.1, -0.05) is 41.9 Å². The second-order valence-electron chi connectivity index (χ2n) is 5.59. The van der Waals surface area contributed by atoms with Gasteiger partial charge in [0.05, 0.1) is 10.2 Å². The molecule has 0 saturated heterocycles. The molecular formula is C18H14ClN3S. The van der Waals surface area contributed by atoms with Gasteiger partial charge >= 0.3 is 0 Å². The van der Waals surface area contributed by atoms with Crippen molar-refractivity contribution in [2.24, 2.45) is 0 Å². The smallest absolute Gasteiger partial charge is 0.150 e. The van der Waals surface area contributed by atoms with Crippen molar-refractivity contribution in [1.29, 1.82) is 0 Å². The first-order valence-corrected chi connectivity index (χ1v) is 8.57. The number of nitrogens with zero attached hydrogens (tertiary/aromatic N) is 3. The Balaban J connectivity index is 1.99. The van der Waals surface area contributed by atoms with Crippen molar-refractivity contribution >= 4 is 43.4 Å². The van der Waals surface area contributed by atoms with Crippen LogP contribution in [0.3, 0.4) is 0 Å². The Morgan fingerprint density at radius 3 is 2.65 bits per heavy atom. The lowest BCUT2D eigenvalue weighted by Crippen LogP contribution is -1.99. The summed E-state index contributed by atoms with van der Waals surface area (Å²) in [5, 5.41) is 1.60. The molecule has 3 heterocycles.